The number of hydrogen-bond donors (Lipinski definition) is 2. The van der Waals surface area contributed by atoms with E-state index in [9.17, 15) is 13.6 Å². The highest BCUT2D eigenvalue weighted by molar-refractivity contribution is 7.13. The van der Waals surface area contributed by atoms with Crippen LogP contribution in [0.1, 0.15) is 24.4 Å². The van der Waals surface area contributed by atoms with Gasteiger partial charge in [-0.3, -0.25) is 0 Å². The highest BCUT2D eigenvalue weighted by Crippen LogP contribution is 2.42. The molecular formula is C16H17F2N3OS. The average Bonchev–Trinajstić information content (AvgIpc) is 3.00. The molecule has 122 valence electrons. The molecule has 3 rings (SSSR count). The molecule has 1 unspecified atom stereocenters. The van der Waals surface area contributed by atoms with Gasteiger partial charge >= 0.3 is 6.03 Å². The van der Waals surface area contributed by atoms with Crippen molar-refractivity contribution in [1.82, 2.24) is 4.90 Å². The lowest BCUT2D eigenvalue weighted by Gasteiger charge is -2.39. The monoisotopic (exact) mass is 337 g/mol. The molecule has 1 atom stereocenters. The molecule has 2 amide bonds. The second kappa shape index (κ2) is 5.81. The Kier molecular flexibility index (Phi) is 3.97. The van der Waals surface area contributed by atoms with Crippen molar-refractivity contribution in [2.45, 2.75) is 24.8 Å². The molecule has 1 aliphatic rings. The number of piperidine rings is 1. The highest BCUT2D eigenvalue weighted by atomic mass is 32.1. The van der Waals surface area contributed by atoms with Crippen molar-refractivity contribution < 1.29 is 13.6 Å². The van der Waals surface area contributed by atoms with E-state index in [2.05, 4.69) is 0 Å². The van der Waals surface area contributed by atoms with Gasteiger partial charge < -0.3 is 16.4 Å². The van der Waals surface area contributed by atoms with Crippen LogP contribution >= 0.6 is 11.3 Å². The quantitative estimate of drug-likeness (QED) is 0.817. The Balaban J connectivity index is 2.03. The number of halogens is 2. The molecule has 23 heavy (non-hydrogen) atoms. The van der Waals surface area contributed by atoms with Crippen molar-refractivity contribution in [3.63, 3.8) is 0 Å². The van der Waals surface area contributed by atoms with E-state index in [4.69, 9.17) is 11.5 Å². The van der Waals surface area contributed by atoms with Crippen molar-refractivity contribution >= 4 is 23.1 Å². The maximum absolute atomic E-state index is 13.9. The van der Waals surface area contributed by atoms with Crippen molar-refractivity contribution in [2.24, 2.45) is 5.73 Å². The van der Waals surface area contributed by atoms with Crippen molar-refractivity contribution in [3.8, 4) is 10.4 Å². The maximum atomic E-state index is 13.9. The summed E-state index contributed by atoms with van der Waals surface area (Å²) >= 11 is 1.55. The molecule has 1 fully saturated rings. The standard InChI is InChI=1S/C16H17F2N3OS/c17-16(18)5-6-21(15(20)22)13(9-16)11-8-10(3-4-12(11)19)14-2-1-7-23-14/h1-4,7-8,13H,5-6,9,19H2,(H2,20,22). The van der Waals surface area contributed by atoms with Gasteiger partial charge in [-0.1, -0.05) is 12.1 Å². The van der Waals surface area contributed by atoms with Gasteiger partial charge in [0.2, 0.25) is 0 Å². The lowest BCUT2D eigenvalue weighted by atomic mass is 9.90. The first-order chi connectivity index (χ1) is 10.9. The largest absolute Gasteiger partial charge is 0.398 e. The first kappa shape index (κ1) is 15.7. The fraction of sp³-hybridized carbons (Fsp3) is 0.312. The molecule has 0 aliphatic carbocycles. The van der Waals surface area contributed by atoms with Gasteiger partial charge in [-0.15, -0.1) is 11.3 Å². The topological polar surface area (TPSA) is 72.4 Å². The summed E-state index contributed by atoms with van der Waals surface area (Å²) in [7, 11) is 0. The second-order valence-electron chi connectivity index (χ2n) is 5.68. The van der Waals surface area contributed by atoms with Crippen LogP contribution in [0.25, 0.3) is 10.4 Å². The number of carbonyl (C=O) groups is 1. The second-order valence-corrected chi connectivity index (χ2v) is 6.63. The van der Waals surface area contributed by atoms with Gasteiger partial charge in [0, 0.05) is 30.0 Å². The van der Waals surface area contributed by atoms with Crippen LogP contribution in [0, 0.1) is 0 Å². The summed E-state index contributed by atoms with van der Waals surface area (Å²) in [6.45, 7) is -0.0737. The highest BCUT2D eigenvalue weighted by Gasteiger charge is 2.42. The Morgan fingerprint density at radius 3 is 2.78 bits per heavy atom. The number of primary amides is 1. The zero-order valence-electron chi connectivity index (χ0n) is 12.3. The Labute approximate surface area is 136 Å². The van der Waals surface area contributed by atoms with Crippen LogP contribution in [0.2, 0.25) is 0 Å². The van der Waals surface area contributed by atoms with Gasteiger partial charge in [0.05, 0.1) is 6.04 Å². The molecule has 2 heterocycles. The van der Waals surface area contributed by atoms with Gasteiger partial charge in [-0.05, 0) is 34.7 Å². The Bertz CT molecular complexity index is 718. The number of carbonyl (C=O) groups excluding carboxylic acids is 1. The Morgan fingerprint density at radius 2 is 2.13 bits per heavy atom. The fourth-order valence-electron chi connectivity index (χ4n) is 2.94. The van der Waals surface area contributed by atoms with Crippen molar-refractivity contribution in [3.05, 3.63) is 41.3 Å². The van der Waals surface area contributed by atoms with Crippen LogP contribution in [0.15, 0.2) is 35.7 Å². The average molecular weight is 337 g/mol. The number of benzene rings is 1. The minimum Gasteiger partial charge on any atom is -0.398 e. The van der Waals surface area contributed by atoms with E-state index in [1.807, 2.05) is 23.6 Å². The van der Waals surface area contributed by atoms with E-state index in [0.717, 1.165) is 10.4 Å². The van der Waals surface area contributed by atoms with Gasteiger partial charge in [0.1, 0.15) is 0 Å². The summed E-state index contributed by atoms with van der Waals surface area (Å²) in [5.74, 6) is -2.83. The molecule has 4 nitrogen and oxygen atoms in total. The predicted molar refractivity (Wildman–Crippen MR) is 87.4 cm³/mol. The number of likely N-dealkylation sites (tertiary alicyclic amines) is 1. The van der Waals surface area contributed by atoms with Crippen molar-refractivity contribution in [2.75, 3.05) is 12.3 Å². The Hall–Kier alpha value is -2.15. The molecular weight excluding hydrogens is 320 g/mol. The summed E-state index contributed by atoms with van der Waals surface area (Å²) in [5, 5.41) is 1.94. The molecule has 1 aliphatic heterocycles. The van der Waals surface area contributed by atoms with E-state index in [0.29, 0.717) is 11.3 Å². The number of alkyl halides is 2. The number of amides is 2. The minimum atomic E-state index is -2.83. The molecule has 7 heteroatoms. The van der Waals surface area contributed by atoms with Crippen molar-refractivity contribution in [1.29, 1.82) is 0 Å². The van der Waals surface area contributed by atoms with Crippen LogP contribution in [0.3, 0.4) is 0 Å². The van der Waals surface area contributed by atoms with Crippen LogP contribution < -0.4 is 11.5 Å². The molecule has 0 radical (unpaired) electrons. The van der Waals surface area contributed by atoms with Crippen LogP contribution in [0.4, 0.5) is 19.3 Å². The number of rotatable bonds is 2. The smallest absolute Gasteiger partial charge is 0.315 e. The van der Waals surface area contributed by atoms with Crippen LogP contribution in [-0.2, 0) is 0 Å². The predicted octanol–water partition coefficient (Wildman–Crippen LogP) is 3.85. The van der Waals surface area contributed by atoms with Crippen LogP contribution in [-0.4, -0.2) is 23.4 Å². The summed E-state index contributed by atoms with van der Waals surface area (Å²) in [5.41, 5.74) is 13.2. The van der Waals surface area contributed by atoms with E-state index in [1.54, 1.807) is 23.5 Å². The number of urea groups is 1. The Morgan fingerprint density at radius 1 is 1.35 bits per heavy atom. The summed E-state index contributed by atoms with van der Waals surface area (Å²) in [6.07, 6.45) is -0.842. The lowest BCUT2D eigenvalue weighted by molar-refractivity contribution is -0.0673. The number of nitrogens with two attached hydrogens (primary N) is 2. The van der Waals surface area contributed by atoms with Crippen LogP contribution in [0.5, 0.6) is 0 Å². The summed E-state index contributed by atoms with van der Waals surface area (Å²) in [4.78, 5) is 13.9. The van der Waals surface area contributed by atoms with Gasteiger partial charge in [0.25, 0.3) is 5.92 Å². The number of nitrogens with zero attached hydrogens (tertiary/aromatic N) is 1. The fourth-order valence-corrected chi connectivity index (χ4v) is 3.66. The third-order valence-electron chi connectivity index (χ3n) is 4.12. The molecule has 4 N–H and O–H groups in total. The zero-order chi connectivity index (χ0) is 16.6. The van der Waals surface area contributed by atoms with E-state index in [1.165, 1.54) is 4.90 Å². The third kappa shape index (κ3) is 3.14. The van der Waals surface area contributed by atoms with Gasteiger partial charge in [-0.25, -0.2) is 13.6 Å². The normalized spacial score (nSPS) is 20.4. The molecule has 1 saturated heterocycles. The summed E-state index contributed by atoms with van der Waals surface area (Å²) in [6, 6.07) is 7.67. The summed E-state index contributed by atoms with van der Waals surface area (Å²) < 4.78 is 27.7. The zero-order valence-corrected chi connectivity index (χ0v) is 13.2. The molecule has 1 aromatic carbocycles. The third-order valence-corrected chi connectivity index (χ3v) is 5.04. The molecule has 0 saturated carbocycles. The first-order valence-corrected chi connectivity index (χ1v) is 8.12. The number of hydrogen-bond acceptors (Lipinski definition) is 3. The molecule has 0 bridgehead atoms. The molecule has 0 spiro atoms. The maximum Gasteiger partial charge on any atom is 0.315 e. The molecule has 2 aromatic rings. The molecule has 1 aromatic heterocycles. The number of anilines is 1. The minimum absolute atomic E-state index is 0.0737. The van der Waals surface area contributed by atoms with Gasteiger partial charge in [-0.2, -0.15) is 0 Å². The van der Waals surface area contributed by atoms with Gasteiger partial charge in [0.15, 0.2) is 0 Å². The van der Waals surface area contributed by atoms with E-state index in [-0.39, 0.29) is 13.0 Å². The first-order valence-electron chi connectivity index (χ1n) is 7.24. The van der Waals surface area contributed by atoms with E-state index >= 15 is 0 Å². The number of nitrogen functional groups attached to an aromatic ring is 1. The van der Waals surface area contributed by atoms with E-state index < -0.39 is 24.4 Å². The lowest BCUT2D eigenvalue weighted by Crippen LogP contribution is -2.47. The number of thiophene rings is 1. The SMILES string of the molecule is NC(=O)N1CCC(F)(F)CC1c1cc(-c2cccs2)ccc1N.